The van der Waals surface area contributed by atoms with Crippen LogP contribution in [0.25, 0.3) is 17.4 Å². The highest BCUT2D eigenvalue weighted by Gasteiger charge is 2.18. The molecule has 0 aliphatic carbocycles. The third-order valence-corrected chi connectivity index (χ3v) is 8.61. The van der Waals surface area contributed by atoms with Crippen LogP contribution >= 0.6 is 11.8 Å². The first-order valence-corrected chi connectivity index (χ1v) is 17.1. The van der Waals surface area contributed by atoms with E-state index in [4.69, 9.17) is 13.9 Å². The van der Waals surface area contributed by atoms with Gasteiger partial charge in [0.25, 0.3) is 11.8 Å². The normalized spacial score (nSPS) is 11.7. The molecule has 5 aromatic rings. The van der Waals surface area contributed by atoms with Crippen LogP contribution in [0.15, 0.2) is 130 Å². The van der Waals surface area contributed by atoms with Crippen molar-refractivity contribution in [3.05, 3.63) is 132 Å². The molecule has 0 saturated carbocycles. The summed E-state index contributed by atoms with van der Waals surface area (Å²) in [5, 5.41) is 8.14. The molecule has 9 nitrogen and oxygen atoms in total. The second-order valence-electron chi connectivity index (χ2n) is 11.2. The van der Waals surface area contributed by atoms with Crippen LogP contribution in [0.5, 0.6) is 11.5 Å². The Labute approximate surface area is 296 Å². The van der Waals surface area contributed by atoms with Crippen molar-refractivity contribution >= 4 is 46.9 Å². The Morgan fingerprint density at radius 3 is 2.22 bits per heavy atom. The number of carbonyl (C=O) groups is 3. The number of benzene rings is 4. The first-order chi connectivity index (χ1) is 24.3. The molecule has 0 radical (unpaired) electrons. The van der Waals surface area contributed by atoms with E-state index >= 15 is 0 Å². The van der Waals surface area contributed by atoms with Gasteiger partial charge in [0.1, 0.15) is 28.7 Å². The van der Waals surface area contributed by atoms with Crippen molar-refractivity contribution in [2.24, 2.45) is 0 Å². The first kappa shape index (κ1) is 35.6. The highest BCUT2D eigenvalue weighted by molar-refractivity contribution is 8.00. The van der Waals surface area contributed by atoms with Gasteiger partial charge in [-0.15, -0.1) is 11.8 Å². The monoisotopic (exact) mass is 689 g/mol. The zero-order chi connectivity index (χ0) is 35.3. The molecule has 0 fully saturated rings. The lowest BCUT2D eigenvalue weighted by atomic mass is 10.1. The smallest absolute Gasteiger partial charge is 0.272 e. The maximum Gasteiger partial charge on any atom is 0.272 e. The summed E-state index contributed by atoms with van der Waals surface area (Å²) in [7, 11) is 1.58. The number of anilines is 2. The van der Waals surface area contributed by atoms with Crippen molar-refractivity contribution in [2.45, 2.75) is 36.8 Å². The molecule has 0 unspecified atom stereocenters. The second kappa shape index (κ2) is 17.6. The summed E-state index contributed by atoms with van der Waals surface area (Å²) in [6.07, 6.45) is 3.53. The number of thioether (sulfide) groups is 1. The zero-order valence-corrected chi connectivity index (χ0v) is 28.9. The summed E-state index contributed by atoms with van der Waals surface area (Å²) >= 11 is 1.39. The Morgan fingerprint density at radius 1 is 0.820 bits per heavy atom. The van der Waals surface area contributed by atoms with Crippen LogP contribution in [0, 0.1) is 0 Å². The van der Waals surface area contributed by atoms with Crippen molar-refractivity contribution in [1.29, 1.82) is 0 Å². The summed E-state index contributed by atoms with van der Waals surface area (Å²) in [4.78, 5) is 40.4. The molecule has 0 spiro atoms. The molecular weight excluding hydrogens is 651 g/mol. The molecule has 1 aromatic heterocycles. The summed E-state index contributed by atoms with van der Waals surface area (Å²) in [6.45, 7) is 4.61. The van der Waals surface area contributed by atoms with Crippen LogP contribution in [0.2, 0.25) is 0 Å². The van der Waals surface area contributed by atoms with Gasteiger partial charge in [0.15, 0.2) is 0 Å². The Morgan fingerprint density at radius 2 is 1.50 bits per heavy atom. The van der Waals surface area contributed by atoms with Crippen molar-refractivity contribution in [2.75, 3.05) is 24.4 Å². The Balaban J connectivity index is 1.24. The van der Waals surface area contributed by atoms with E-state index < -0.39 is 11.8 Å². The molecule has 5 rings (SSSR count). The van der Waals surface area contributed by atoms with E-state index in [-0.39, 0.29) is 16.9 Å². The minimum Gasteiger partial charge on any atom is -0.496 e. The van der Waals surface area contributed by atoms with E-state index in [1.54, 1.807) is 61.7 Å². The molecule has 0 aliphatic rings. The number of hydrogen-bond acceptors (Lipinski definition) is 7. The number of nitrogens with one attached hydrogen (secondary N) is 3. The maximum atomic E-state index is 13.6. The molecule has 10 heteroatoms. The molecular formula is C40H39N3O6S. The number of unbranched alkanes of at least 4 members (excludes halogenated alkanes) is 1. The summed E-state index contributed by atoms with van der Waals surface area (Å²) in [5.74, 6) is 1.19. The average Bonchev–Trinajstić information content (AvgIpc) is 3.61. The Hall–Kier alpha value is -5.74. The van der Waals surface area contributed by atoms with E-state index in [0.717, 1.165) is 29.1 Å². The minimum atomic E-state index is -0.542. The van der Waals surface area contributed by atoms with Gasteiger partial charge in [-0.05, 0) is 98.3 Å². The van der Waals surface area contributed by atoms with Crippen LogP contribution in [0.3, 0.4) is 0 Å². The number of furan rings is 1. The third-order valence-electron chi connectivity index (χ3n) is 7.50. The van der Waals surface area contributed by atoms with Gasteiger partial charge < -0.3 is 29.8 Å². The highest BCUT2D eigenvalue weighted by atomic mass is 32.2. The molecule has 1 heterocycles. The number of rotatable bonds is 15. The van der Waals surface area contributed by atoms with Gasteiger partial charge in [-0.3, -0.25) is 14.4 Å². The van der Waals surface area contributed by atoms with E-state index in [2.05, 4.69) is 22.9 Å². The van der Waals surface area contributed by atoms with Crippen LogP contribution in [-0.4, -0.2) is 36.7 Å². The molecule has 3 amide bonds. The van der Waals surface area contributed by atoms with Crippen LogP contribution in [-0.2, 0) is 9.59 Å². The quantitative estimate of drug-likeness (QED) is 0.0572. The standard InChI is InChI=1S/C40H39N3O6S/c1-4-5-25-48-31-19-15-29(16-20-31)41-38(44)27(2)50-33-22-17-30(18-23-33)42-40(46)35(43-39(45)28-11-7-6-8-12-28)26-32-21-24-37(49-32)34-13-9-10-14-36(34)47-3/h6-24,26-27H,4-5,25H2,1-3H3,(H,41,44)(H,42,46)(H,43,45)/b35-26+/t27-/m1/s1. The van der Waals surface area contributed by atoms with Crippen molar-refractivity contribution in [3.8, 4) is 22.8 Å². The molecule has 50 heavy (non-hydrogen) atoms. The topological polar surface area (TPSA) is 119 Å². The van der Waals surface area contributed by atoms with E-state index in [1.807, 2.05) is 67.6 Å². The summed E-state index contributed by atoms with van der Waals surface area (Å²) in [5.41, 5.74) is 2.34. The van der Waals surface area contributed by atoms with Gasteiger partial charge >= 0.3 is 0 Å². The van der Waals surface area contributed by atoms with Gasteiger partial charge in [-0.2, -0.15) is 0 Å². The predicted octanol–water partition coefficient (Wildman–Crippen LogP) is 8.66. The fourth-order valence-electron chi connectivity index (χ4n) is 4.79. The van der Waals surface area contributed by atoms with E-state index in [9.17, 15) is 14.4 Å². The predicted molar refractivity (Wildman–Crippen MR) is 198 cm³/mol. The molecule has 0 saturated heterocycles. The van der Waals surface area contributed by atoms with Crippen molar-refractivity contribution in [1.82, 2.24) is 5.32 Å². The Kier molecular flexibility index (Phi) is 12.5. The number of amides is 3. The number of hydrogen-bond donors (Lipinski definition) is 3. The summed E-state index contributed by atoms with van der Waals surface area (Å²) < 4.78 is 17.2. The number of carbonyl (C=O) groups excluding carboxylic acids is 3. The summed E-state index contributed by atoms with van der Waals surface area (Å²) in [6, 6.07) is 34.0. The average molecular weight is 690 g/mol. The fraction of sp³-hybridized carbons (Fsp3) is 0.175. The van der Waals surface area contributed by atoms with Gasteiger partial charge in [-0.25, -0.2) is 0 Å². The molecule has 0 bridgehead atoms. The van der Waals surface area contributed by atoms with Gasteiger partial charge in [0, 0.05) is 27.9 Å². The second-order valence-corrected chi connectivity index (χ2v) is 12.6. The van der Waals surface area contributed by atoms with Gasteiger partial charge in [0.2, 0.25) is 5.91 Å². The minimum absolute atomic E-state index is 0.0101. The molecule has 0 aliphatic heterocycles. The molecule has 256 valence electrons. The molecule has 1 atom stereocenters. The zero-order valence-electron chi connectivity index (χ0n) is 28.1. The SMILES string of the molecule is CCCCOc1ccc(NC(=O)[C@@H](C)Sc2ccc(NC(=O)/C(=C\c3ccc(-c4ccccc4OC)o3)NC(=O)c3ccccc3)cc2)cc1. The Bertz CT molecular complexity index is 1920. The van der Waals surface area contributed by atoms with Crippen molar-refractivity contribution in [3.63, 3.8) is 0 Å². The van der Waals surface area contributed by atoms with E-state index in [1.165, 1.54) is 17.8 Å². The number of methoxy groups -OCH3 is 1. The van der Waals surface area contributed by atoms with Crippen LogP contribution in [0.1, 0.15) is 42.8 Å². The third kappa shape index (κ3) is 9.90. The maximum absolute atomic E-state index is 13.6. The van der Waals surface area contributed by atoms with E-state index in [0.29, 0.717) is 40.8 Å². The fourth-order valence-corrected chi connectivity index (χ4v) is 5.66. The lowest BCUT2D eigenvalue weighted by molar-refractivity contribution is -0.115. The lowest BCUT2D eigenvalue weighted by Crippen LogP contribution is -2.30. The lowest BCUT2D eigenvalue weighted by Gasteiger charge is -2.14. The number of para-hydroxylation sites is 1. The van der Waals surface area contributed by atoms with Crippen molar-refractivity contribution < 1.29 is 28.3 Å². The van der Waals surface area contributed by atoms with Gasteiger partial charge in [0.05, 0.1) is 24.5 Å². The van der Waals surface area contributed by atoms with Crippen LogP contribution in [0.4, 0.5) is 11.4 Å². The highest BCUT2D eigenvalue weighted by Crippen LogP contribution is 2.32. The van der Waals surface area contributed by atoms with Gasteiger partial charge in [-0.1, -0.05) is 43.7 Å². The van der Waals surface area contributed by atoms with Crippen LogP contribution < -0.4 is 25.4 Å². The molecule has 4 aromatic carbocycles. The molecule has 3 N–H and O–H groups in total. The first-order valence-electron chi connectivity index (χ1n) is 16.3. The largest absolute Gasteiger partial charge is 0.496 e. The number of ether oxygens (including phenoxy) is 2.